The number of carboxylic acids is 1. The summed E-state index contributed by atoms with van der Waals surface area (Å²) in [4.78, 5) is 10.3. The molecule has 0 rings (SSSR count). The minimum absolute atomic E-state index is 0.215. The third kappa shape index (κ3) is 5.64. The highest BCUT2D eigenvalue weighted by molar-refractivity contribution is 5.67. The van der Waals surface area contributed by atoms with Crippen LogP contribution >= 0.6 is 0 Å². The van der Waals surface area contributed by atoms with Crippen molar-refractivity contribution in [2.24, 2.45) is 5.92 Å². The van der Waals surface area contributed by atoms with Crippen molar-refractivity contribution in [1.82, 2.24) is 0 Å². The standard InChI is InChI=1S/C9H16O2/c1-3-5-6-8(4-2)7-9(10)11/h5-6,8H,3-4,7H2,1-2H3,(H,10,11). The Morgan fingerprint density at radius 3 is 2.55 bits per heavy atom. The van der Waals surface area contributed by atoms with Gasteiger partial charge in [-0.2, -0.15) is 0 Å². The second-order valence-corrected chi connectivity index (χ2v) is 2.60. The van der Waals surface area contributed by atoms with Crippen molar-refractivity contribution in [1.29, 1.82) is 0 Å². The molecule has 1 unspecified atom stereocenters. The molecule has 0 aromatic heterocycles. The summed E-state index contributed by atoms with van der Waals surface area (Å²) in [5, 5.41) is 8.48. The highest BCUT2D eigenvalue weighted by Gasteiger charge is 2.06. The lowest BCUT2D eigenvalue weighted by Gasteiger charge is -2.04. The van der Waals surface area contributed by atoms with E-state index < -0.39 is 5.97 Å². The van der Waals surface area contributed by atoms with E-state index in [4.69, 9.17) is 5.11 Å². The van der Waals surface area contributed by atoms with E-state index in [9.17, 15) is 4.79 Å². The summed E-state index contributed by atoms with van der Waals surface area (Å²) in [5.41, 5.74) is 0. The van der Waals surface area contributed by atoms with Gasteiger partial charge in [0, 0.05) is 0 Å². The van der Waals surface area contributed by atoms with Crippen molar-refractivity contribution >= 4 is 5.97 Å². The van der Waals surface area contributed by atoms with Gasteiger partial charge in [-0.25, -0.2) is 0 Å². The SMILES string of the molecule is CCC=CC(CC)CC(=O)O. The largest absolute Gasteiger partial charge is 0.481 e. The minimum atomic E-state index is -0.711. The Kier molecular flexibility index (Phi) is 5.53. The average Bonchev–Trinajstić information content (AvgIpc) is 1.97. The van der Waals surface area contributed by atoms with E-state index in [1.165, 1.54) is 0 Å². The Balaban J connectivity index is 3.75. The molecule has 1 atom stereocenters. The number of carbonyl (C=O) groups is 1. The third-order valence-corrected chi connectivity index (χ3v) is 1.61. The van der Waals surface area contributed by atoms with E-state index in [0.717, 1.165) is 12.8 Å². The molecule has 0 aliphatic carbocycles. The fourth-order valence-electron chi connectivity index (χ4n) is 0.901. The van der Waals surface area contributed by atoms with Gasteiger partial charge in [0.15, 0.2) is 0 Å². The molecule has 0 heterocycles. The predicted molar refractivity (Wildman–Crippen MR) is 45.5 cm³/mol. The minimum Gasteiger partial charge on any atom is -0.481 e. The van der Waals surface area contributed by atoms with Crippen LogP contribution in [0.25, 0.3) is 0 Å². The first kappa shape index (κ1) is 10.2. The maximum absolute atomic E-state index is 10.3. The lowest BCUT2D eigenvalue weighted by Crippen LogP contribution is -2.03. The van der Waals surface area contributed by atoms with E-state index in [0.29, 0.717) is 0 Å². The van der Waals surface area contributed by atoms with Gasteiger partial charge in [-0.1, -0.05) is 26.0 Å². The quantitative estimate of drug-likeness (QED) is 0.621. The molecule has 0 radical (unpaired) electrons. The topological polar surface area (TPSA) is 37.3 Å². The Labute approximate surface area is 67.9 Å². The number of aliphatic carboxylic acids is 1. The summed E-state index contributed by atoms with van der Waals surface area (Å²) in [7, 11) is 0. The van der Waals surface area contributed by atoms with Gasteiger partial charge in [-0.05, 0) is 18.8 Å². The van der Waals surface area contributed by atoms with Crippen molar-refractivity contribution in [3.05, 3.63) is 12.2 Å². The Morgan fingerprint density at radius 2 is 2.18 bits per heavy atom. The molecule has 11 heavy (non-hydrogen) atoms. The highest BCUT2D eigenvalue weighted by atomic mass is 16.4. The van der Waals surface area contributed by atoms with Crippen molar-refractivity contribution in [3.8, 4) is 0 Å². The van der Waals surface area contributed by atoms with Crippen LogP contribution in [0, 0.1) is 5.92 Å². The molecule has 0 aromatic rings. The first-order valence-corrected chi connectivity index (χ1v) is 4.09. The molecule has 0 bridgehead atoms. The van der Waals surface area contributed by atoms with E-state index in [1.807, 2.05) is 26.0 Å². The van der Waals surface area contributed by atoms with Gasteiger partial charge < -0.3 is 5.11 Å². The van der Waals surface area contributed by atoms with Crippen LogP contribution in [0.5, 0.6) is 0 Å². The van der Waals surface area contributed by atoms with E-state index in [2.05, 4.69) is 0 Å². The second-order valence-electron chi connectivity index (χ2n) is 2.60. The molecule has 0 amide bonds. The van der Waals surface area contributed by atoms with Crippen LogP contribution < -0.4 is 0 Å². The molecule has 0 saturated heterocycles. The fourth-order valence-corrected chi connectivity index (χ4v) is 0.901. The first-order chi connectivity index (χ1) is 5.20. The van der Waals surface area contributed by atoms with Crippen LogP contribution in [0.2, 0.25) is 0 Å². The van der Waals surface area contributed by atoms with Crippen molar-refractivity contribution in [2.75, 3.05) is 0 Å². The van der Waals surface area contributed by atoms with Crippen LogP contribution in [0.15, 0.2) is 12.2 Å². The molecule has 0 aliphatic rings. The molecule has 0 fully saturated rings. The lowest BCUT2D eigenvalue weighted by atomic mass is 10.0. The summed E-state index contributed by atoms with van der Waals surface area (Å²) in [6, 6.07) is 0. The Hall–Kier alpha value is -0.790. The number of carboxylic acid groups (broad SMARTS) is 1. The van der Waals surface area contributed by atoms with Gasteiger partial charge in [0.2, 0.25) is 0 Å². The third-order valence-electron chi connectivity index (χ3n) is 1.61. The van der Waals surface area contributed by atoms with Gasteiger partial charge in [0.1, 0.15) is 0 Å². The average molecular weight is 156 g/mol. The fraction of sp³-hybridized carbons (Fsp3) is 0.667. The van der Waals surface area contributed by atoms with Gasteiger partial charge in [-0.3, -0.25) is 4.79 Å². The number of rotatable bonds is 5. The maximum Gasteiger partial charge on any atom is 0.303 e. The maximum atomic E-state index is 10.3. The van der Waals surface area contributed by atoms with Crippen LogP contribution in [0.1, 0.15) is 33.1 Å². The highest BCUT2D eigenvalue weighted by Crippen LogP contribution is 2.09. The summed E-state index contributed by atoms with van der Waals surface area (Å²) in [6.45, 7) is 4.05. The molecule has 0 aliphatic heterocycles. The zero-order valence-electron chi connectivity index (χ0n) is 7.21. The van der Waals surface area contributed by atoms with Crippen molar-refractivity contribution in [3.63, 3.8) is 0 Å². The number of hydrogen-bond donors (Lipinski definition) is 1. The van der Waals surface area contributed by atoms with E-state index in [1.54, 1.807) is 0 Å². The summed E-state index contributed by atoms with van der Waals surface area (Å²) in [6.07, 6.45) is 6.16. The van der Waals surface area contributed by atoms with E-state index in [-0.39, 0.29) is 12.3 Å². The van der Waals surface area contributed by atoms with Crippen LogP contribution in [-0.2, 0) is 4.79 Å². The van der Waals surface area contributed by atoms with Gasteiger partial charge in [0.25, 0.3) is 0 Å². The van der Waals surface area contributed by atoms with Crippen molar-refractivity contribution in [2.45, 2.75) is 33.1 Å². The first-order valence-electron chi connectivity index (χ1n) is 4.09. The van der Waals surface area contributed by atoms with Gasteiger partial charge in [-0.15, -0.1) is 0 Å². The Morgan fingerprint density at radius 1 is 1.55 bits per heavy atom. The lowest BCUT2D eigenvalue weighted by molar-refractivity contribution is -0.137. The molecule has 0 saturated carbocycles. The molecule has 64 valence electrons. The second kappa shape index (κ2) is 5.96. The molecular weight excluding hydrogens is 140 g/mol. The predicted octanol–water partition coefficient (Wildman–Crippen LogP) is 2.45. The molecule has 1 N–H and O–H groups in total. The number of allylic oxidation sites excluding steroid dienone is 2. The Bertz CT molecular complexity index is 138. The summed E-state index contributed by atoms with van der Waals surface area (Å²) < 4.78 is 0. The zero-order valence-corrected chi connectivity index (χ0v) is 7.21. The number of hydrogen-bond acceptors (Lipinski definition) is 1. The normalized spacial score (nSPS) is 13.6. The molecule has 2 nitrogen and oxygen atoms in total. The smallest absolute Gasteiger partial charge is 0.303 e. The van der Waals surface area contributed by atoms with Gasteiger partial charge in [0.05, 0.1) is 6.42 Å². The van der Waals surface area contributed by atoms with Crippen LogP contribution in [0.4, 0.5) is 0 Å². The molecule has 0 aromatic carbocycles. The molecule has 2 heteroatoms. The van der Waals surface area contributed by atoms with Crippen LogP contribution in [0.3, 0.4) is 0 Å². The molecular formula is C9H16O2. The summed E-state index contributed by atoms with van der Waals surface area (Å²) in [5.74, 6) is -0.495. The molecule has 0 spiro atoms. The van der Waals surface area contributed by atoms with Crippen molar-refractivity contribution < 1.29 is 9.90 Å². The summed E-state index contributed by atoms with van der Waals surface area (Å²) >= 11 is 0. The monoisotopic (exact) mass is 156 g/mol. The van der Waals surface area contributed by atoms with E-state index >= 15 is 0 Å². The van der Waals surface area contributed by atoms with Crippen LogP contribution in [-0.4, -0.2) is 11.1 Å². The van der Waals surface area contributed by atoms with Gasteiger partial charge >= 0.3 is 5.97 Å². The zero-order chi connectivity index (χ0) is 8.69.